The van der Waals surface area contributed by atoms with E-state index in [0.29, 0.717) is 37.7 Å². The molecule has 1 amide bonds. The van der Waals surface area contributed by atoms with Crippen molar-refractivity contribution in [3.05, 3.63) is 47.2 Å². The number of aromatic nitrogens is 2. The van der Waals surface area contributed by atoms with E-state index in [0.717, 1.165) is 37.1 Å². The van der Waals surface area contributed by atoms with Gasteiger partial charge in [-0.3, -0.25) is 4.79 Å². The number of carbonyl (C=O) groups is 1. The first kappa shape index (κ1) is 17.9. The second kappa shape index (κ2) is 6.90. The number of halogens is 3. The molecule has 2 aliphatic heterocycles. The lowest BCUT2D eigenvalue weighted by atomic mass is 9.98. The van der Waals surface area contributed by atoms with Crippen LogP contribution in [0.5, 0.6) is 5.88 Å². The van der Waals surface area contributed by atoms with E-state index in [1.807, 2.05) is 0 Å². The maximum Gasteiger partial charge on any atom is 0.416 e. The van der Waals surface area contributed by atoms with Crippen molar-refractivity contribution in [1.29, 1.82) is 0 Å². The average molecular weight is 379 g/mol. The molecule has 0 aliphatic carbocycles. The minimum absolute atomic E-state index is 0.115. The highest BCUT2D eigenvalue weighted by atomic mass is 19.4. The Morgan fingerprint density at radius 1 is 1.22 bits per heavy atom. The van der Waals surface area contributed by atoms with Crippen LogP contribution in [0.2, 0.25) is 0 Å². The Balaban J connectivity index is 1.37. The number of carbonyl (C=O) groups excluding carboxylic acids is 1. The van der Waals surface area contributed by atoms with Gasteiger partial charge in [0.2, 0.25) is 5.88 Å². The van der Waals surface area contributed by atoms with Gasteiger partial charge in [0.25, 0.3) is 5.91 Å². The molecule has 0 saturated carbocycles. The van der Waals surface area contributed by atoms with Crippen LogP contribution < -0.4 is 4.74 Å². The predicted octanol–water partition coefficient (Wildman–Crippen LogP) is 3.39. The standard InChI is InChI=1S/C19H20F3N3O2/c20-19(21,22)15-4-2-13(3-5-15)10-14-6-8-24(12-14)18(26)16-11-17-25(23-16)7-1-9-27-17/h2-5,11,14H,1,6-10,12H2. The summed E-state index contributed by atoms with van der Waals surface area (Å²) >= 11 is 0. The zero-order valence-electron chi connectivity index (χ0n) is 14.7. The molecule has 0 bridgehead atoms. The lowest BCUT2D eigenvalue weighted by Gasteiger charge is -2.15. The molecular weight excluding hydrogens is 359 g/mol. The normalized spacial score (nSPS) is 19.7. The SMILES string of the molecule is O=C(c1cc2n(n1)CCCO2)N1CCC(Cc2ccc(C(F)(F)F)cc2)C1. The lowest BCUT2D eigenvalue weighted by molar-refractivity contribution is -0.137. The van der Waals surface area contributed by atoms with Crippen LogP contribution in [0.15, 0.2) is 30.3 Å². The molecule has 1 atom stereocenters. The third-order valence-electron chi connectivity index (χ3n) is 5.11. The number of nitrogens with zero attached hydrogens (tertiary/aromatic N) is 3. The van der Waals surface area contributed by atoms with Crippen molar-refractivity contribution in [3.63, 3.8) is 0 Å². The first-order valence-corrected chi connectivity index (χ1v) is 9.06. The van der Waals surface area contributed by atoms with E-state index in [9.17, 15) is 18.0 Å². The number of hydrogen-bond donors (Lipinski definition) is 0. The molecule has 3 heterocycles. The lowest BCUT2D eigenvalue weighted by Crippen LogP contribution is -2.29. The molecule has 8 heteroatoms. The maximum absolute atomic E-state index is 12.7. The maximum atomic E-state index is 12.7. The van der Waals surface area contributed by atoms with Gasteiger partial charge in [-0.05, 0) is 36.5 Å². The smallest absolute Gasteiger partial charge is 0.416 e. The van der Waals surface area contributed by atoms with Gasteiger partial charge in [-0.2, -0.15) is 18.3 Å². The van der Waals surface area contributed by atoms with Crippen LogP contribution in [0.25, 0.3) is 0 Å². The first-order chi connectivity index (χ1) is 12.9. The Morgan fingerprint density at radius 3 is 2.70 bits per heavy atom. The van der Waals surface area contributed by atoms with Crippen molar-refractivity contribution in [3.8, 4) is 5.88 Å². The monoisotopic (exact) mass is 379 g/mol. The molecule has 0 N–H and O–H groups in total. The highest BCUT2D eigenvalue weighted by Crippen LogP contribution is 2.30. The summed E-state index contributed by atoms with van der Waals surface area (Å²) < 4.78 is 45.2. The van der Waals surface area contributed by atoms with Gasteiger partial charge in [0.05, 0.1) is 12.2 Å². The molecule has 2 aliphatic rings. The second-order valence-electron chi connectivity index (χ2n) is 7.10. The summed E-state index contributed by atoms with van der Waals surface area (Å²) in [5.74, 6) is 0.750. The van der Waals surface area contributed by atoms with Crippen molar-refractivity contribution >= 4 is 5.91 Å². The van der Waals surface area contributed by atoms with Crippen LogP contribution in [-0.4, -0.2) is 40.3 Å². The topological polar surface area (TPSA) is 47.4 Å². The fourth-order valence-electron chi connectivity index (χ4n) is 3.68. The van der Waals surface area contributed by atoms with Crippen LogP contribution in [0.1, 0.15) is 34.5 Å². The molecule has 1 saturated heterocycles. The number of alkyl halides is 3. The van der Waals surface area contributed by atoms with Crippen LogP contribution in [0.4, 0.5) is 13.2 Å². The van der Waals surface area contributed by atoms with Gasteiger partial charge in [-0.25, -0.2) is 4.68 Å². The van der Waals surface area contributed by atoms with E-state index in [1.165, 1.54) is 12.1 Å². The fourth-order valence-corrected chi connectivity index (χ4v) is 3.68. The molecule has 1 aromatic heterocycles. The summed E-state index contributed by atoms with van der Waals surface area (Å²) in [6, 6.07) is 6.96. The molecule has 1 unspecified atom stereocenters. The van der Waals surface area contributed by atoms with Gasteiger partial charge < -0.3 is 9.64 Å². The Bertz CT molecular complexity index is 806. The van der Waals surface area contributed by atoms with Crippen molar-refractivity contribution in [2.24, 2.45) is 5.92 Å². The van der Waals surface area contributed by atoms with Gasteiger partial charge in [0, 0.05) is 32.1 Å². The zero-order valence-corrected chi connectivity index (χ0v) is 14.7. The third-order valence-corrected chi connectivity index (χ3v) is 5.11. The number of likely N-dealkylation sites (tertiary alicyclic amines) is 1. The molecule has 27 heavy (non-hydrogen) atoms. The largest absolute Gasteiger partial charge is 0.478 e. The molecule has 2 aromatic rings. The van der Waals surface area contributed by atoms with Crippen molar-refractivity contribution in [2.45, 2.75) is 32.0 Å². The average Bonchev–Trinajstić information content (AvgIpc) is 3.27. The van der Waals surface area contributed by atoms with E-state index < -0.39 is 11.7 Å². The Labute approximate surface area is 154 Å². The molecular formula is C19H20F3N3O2. The van der Waals surface area contributed by atoms with E-state index in [-0.39, 0.29) is 11.8 Å². The number of ether oxygens (including phenoxy) is 1. The van der Waals surface area contributed by atoms with Gasteiger partial charge in [-0.1, -0.05) is 12.1 Å². The number of aryl methyl sites for hydroxylation is 1. The summed E-state index contributed by atoms with van der Waals surface area (Å²) in [5, 5.41) is 4.33. The Morgan fingerprint density at radius 2 is 2.00 bits per heavy atom. The number of hydrogen-bond acceptors (Lipinski definition) is 3. The van der Waals surface area contributed by atoms with E-state index >= 15 is 0 Å². The van der Waals surface area contributed by atoms with Crippen LogP contribution in [-0.2, 0) is 19.1 Å². The molecule has 5 nitrogen and oxygen atoms in total. The first-order valence-electron chi connectivity index (χ1n) is 9.06. The summed E-state index contributed by atoms with van der Waals surface area (Å²) in [4.78, 5) is 14.5. The van der Waals surface area contributed by atoms with E-state index in [2.05, 4.69) is 5.10 Å². The van der Waals surface area contributed by atoms with Gasteiger partial charge in [-0.15, -0.1) is 0 Å². The summed E-state index contributed by atoms with van der Waals surface area (Å²) in [5.41, 5.74) is 0.607. The minimum atomic E-state index is -4.32. The molecule has 1 fully saturated rings. The third kappa shape index (κ3) is 3.79. The van der Waals surface area contributed by atoms with E-state index in [1.54, 1.807) is 15.6 Å². The molecule has 4 rings (SSSR count). The molecule has 1 aromatic carbocycles. The summed E-state index contributed by atoms with van der Waals surface area (Å²) in [6.07, 6.45) is -1.95. The van der Waals surface area contributed by atoms with Crippen LogP contribution in [0.3, 0.4) is 0 Å². The van der Waals surface area contributed by atoms with Gasteiger partial charge in [0.15, 0.2) is 5.69 Å². The predicted molar refractivity (Wildman–Crippen MR) is 91.5 cm³/mol. The summed E-state index contributed by atoms with van der Waals surface area (Å²) in [7, 11) is 0. The molecule has 0 spiro atoms. The van der Waals surface area contributed by atoms with Crippen LogP contribution >= 0.6 is 0 Å². The zero-order chi connectivity index (χ0) is 19.0. The highest BCUT2D eigenvalue weighted by molar-refractivity contribution is 5.92. The number of fused-ring (bicyclic) bond motifs is 1. The van der Waals surface area contributed by atoms with Gasteiger partial charge in [0.1, 0.15) is 0 Å². The Kier molecular flexibility index (Phi) is 4.57. The van der Waals surface area contributed by atoms with Crippen molar-refractivity contribution in [1.82, 2.24) is 14.7 Å². The molecule has 144 valence electrons. The number of rotatable bonds is 3. The van der Waals surface area contributed by atoms with E-state index in [4.69, 9.17) is 4.74 Å². The second-order valence-corrected chi connectivity index (χ2v) is 7.10. The van der Waals surface area contributed by atoms with Gasteiger partial charge >= 0.3 is 6.18 Å². The quantitative estimate of drug-likeness (QED) is 0.821. The van der Waals surface area contributed by atoms with Crippen LogP contribution in [0, 0.1) is 5.92 Å². The Hall–Kier alpha value is -2.51. The van der Waals surface area contributed by atoms with Crippen molar-refractivity contribution < 1.29 is 22.7 Å². The fraction of sp³-hybridized carbons (Fsp3) is 0.474. The highest BCUT2D eigenvalue weighted by Gasteiger charge is 2.31. The molecule has 0 radical (unpaired) electrons. The number of amides is 1. The number of benzene rings is 1. The summed E-state index contributed by atoms with van der Waals surface area (Å²) in [6.45, 7) is 2.60. The minimum Gasteiger partial charge on any atom is -0.478 e. The van der Waals surface area contributed by atoms with Crippen molar-refractivity contribution in [2.75, 3.05) is 19.7 Å².